The summed E-state index contributed by atoms with van der Waals surface area (Å²) in [6.07, 6.45) is 1.93. The van der Waals surface area contributed by atoms with Gasteiger partial charge in [-0.1, -0.05) is 17.7 Å². The number of benzene rings is 1. The Hall–Kier alpha value is -1.35. The van der Waals surface area contributed by atoms with Crippen molar-refractivity contribution in [3.05, 3.63) is 28.8 Å². The third-order valence-electron chi connectivity index (χ3n) is 4.42. The Bertz CT molecular complexity index is 721. The molecule has 1 aromatic rings. The van der Waals surface area contributed by atoms with Crippen LogP contribution in [0.1, 0.15) is 12.0 Å². The Morgan fingerprint density at radius 2 is 2.04 bits per heavy atom. The quantitative estimate of drug-likeness (QED) is 0.590. The summed E-state index contributed by atoms with van der Waals surface area (Å²) >= 11 is 6.09. The molecule has 0 atom stereocenters. The lowest BCUT2D eigenvalue weighted by Crippen LogP contribution is -3.14. The van der Waals surface area contributed by atoms with Crippen molar-refractivity contribution in [3.8, 4) is 0 Å². The van der Waals surface area contributed by atoms with Crippen LogP contribution in [0.25, 0.3) is 0 Å². The Morgan fingerprint density at radius 3 is 2.69 bits per heavy atom. The average Bonchev–Trinajstić information content (AvgIpc) is 2.59. The fraction of sp³-hybridized carbons (Fsp3) is 0.588. The number of nitrogens with zero attached hydrogens (tertiary/aromatic N) is 1. The van der Waals surface area contributed by atoms with Crippen molar-refractivity contribution in [3.63, 3.8) is 0 Å². The van der Waals surface area contributed by atoms with Crippen molar-refractivity contribution >= 4 is 33.2 Å². The second-order valence-electron chi connectivity index (χ2n) is 6.47. The first-order valence-corrected chi connectivity index (χ1v) is 10.9. The first kappa shape index (κ1) is 21.0. The van der Waals surface area contributed by atoms with Gasteiger partial charge in [-0.15, -0.1) is 0 Å². The first-order valence-electron chi connectivity index (χ1n) is 8.70. The van der Waals surface area contributed by atoms with Crippen LogP contribution in [0, 0.1) is 6.92 Å². The van der Waals surface area contributed by atoms with Crippen LogP contribution >= 0.6 is 11.6 Å². The number of nitrogens with one attached hydrogen (secondary N) is 2. The number of anilines is 1. The largest absolute Gasteiger partial charge is 0.370 e. The second-order valence-corrected chi connectivity index (χ2v) is 8.78. The normalized spacial score (nSPS) is 15.7. The number of halogens is 1. The number of morpholine rings is 1. The second kappa shape index (κ2) is 9.55. The van der Waals surface area contributed by atoms with Gasteiger partial charge in [-0.05, 0) is 24.6 Å². The molecule has 1 fully saturated rings. The van der Waals surface area contributed by atoms with Gasteiger partial charge in [0.1, 0.15) is 19.6 Å². The number of hydrogen-bond donors (Lipinski definition) is 2. The van der Waals surface area contributed by atoms with E-state index in [9.17, 15) is 13.2 Å². The molecule has 2 N–H and O–H groups in total. The summed E-state index contributed by atoms with van der Waals surface area (Å²) in [5, 5.41) is 3.27. The van der Waals surface area contributed by atoms with Gasteiger partial charge in [0.15, 0.2) is 0 Å². The SMILES string of the molecule is Cc1c(Cl)cccc1N(CC(=O)NCCC[NH+]1CCOCC1)S(C)(=O)=O. The molecule has 2 rings (SSSR count). The summed E-state index contributed by atoms with van der Waals surface area (Å²) in [6.45, 7) is 6.51. The molecule has 0 radical (unpaired) electrons. The van der Waals surface area contributed by atoms with Gasteiger partial charge >= 0.3 is 0 Å². The number of hydrogen-bond acceptors (Lipinski definition) is 4. The topological polar surface area (TPSA) is 80.2 Å². The number of quaternary nitrogens is 1. The van der Waals surface area contributed by atoms with E-state index in [0.29, 0.717) is 22.8 Å². The van der Waals surface area contributed by atoms with Crippen molar-refractivity contribution in [2.75, 3.05) is 56.5 Å². The Labute approximate surface area is 160 Å². The molecule has 0 saturated carbocycles. The van der Waals surface area contributed by atoms with Crippen LogP contribution in [-0.2, 0) is 19.6 Å². The highest BCUT2D eigenvalue weighted by Gasteiger charge is 2.23. The maximum absolute atomic E-state index is 12.2. The van der Waals surface area contributed by atoms with Gasteiger partial charge in [0.25, 0.3) is 0 Å². The predicted octanol–water partition coefficient (Wildman–Crippen LogP) is -0.164. The molecule has 26 heavy (non-hydrogen) atoms. The average molecular weight is 405 g/mol. The predicted molar refractivity (Wildman–Crippen MR) is 102 cm³/mol. The highest BCUT2D eigenvalue weighted by Crippen LogP contribution is 2.27. The minimum Gasteiger partial charge on any atom is -0.370 e. The van der Waals surface area contributed by atoms with Gasteiger partial charge in [0.2, 0.25) is 15.9 Å². The summed E-state index contributed by atoms with van der Waals surface area (Å²) in [7, 11) is -3.60. The van der Waals surface area contributed by atoms with Crippen LogP contribution in [0.4, 0.5) is 5.69 Å². The Kier molecular flexibility index (Phi) is 7.69. The molecule has 0 bridgehead atoms. The van der Waals surface area contributed by atoms with Gasteiger partial charge in [0, 0.05) is 18.0 Å². The summed E-state index contributed by atoms with van der Waals surface area (Å²) in [5.41, 5.74) is 1.05. The number of carbonyl (C=O) groups is 1. The molecule has 0 aromatic heterocycles. The van der Waals surface area contributed by atoms with Crippen LogP contribution in [0.5, 0.6) is 0 Å². The smallest absolute Gasteiger partial charge is 0.240 e. The zero-order chi connectivity index (χ0) is 19.2. The maximum atomic E-state index is 12.2. The molecule has 1 aliphatic heterocycles. The molecular formula is C17H27ClN3O4S+. The minimum absolute atomic E-state index is 0.259. The fourth-order valence-electron chi connectivity index (χ4n) is 2.91. The summed E-state index contributed by atoms with van der Waals surface area (Å²) < 4.78 is 30.7. The molecule has 146 valence electrons. The van der Waals surface area contributed by atoms with Crippen LogP contribution in [0.3, 0.4) is 0 Å². The zero-order valence-electron chi connectivity index (χ0n) is 15.3. The summed E-state index contributed by atoms with van der Waals surface area (Å²) in [6, 6.07) is 5.01. The Balaban J connectivity index is 1.89. The number of sulfonamides is 1. The molecule has 1 saturated heterocycles. The number of ether oxygens (including phenoxy) is 1. The zero-order valence-corrected chi connectivity index (χ0v) is 16.8. The van der Waals surface area contributed by atoms with Crippen LogP contribution < -0.4 is 14.5 Å². The van der Waals surface area contributed by atoms with Crippen molar-refractivity contribution in [1.82, 2.24) is 5.32 Å². The summed E-state index contributed by atoms with van der Waals surface area (Å²) in [4.78, 5) is 13.7. The highest BCUT2D eigenvalue weighted by molar-refractivity contribution is 7.92. The van der Waals surface area contributed by atoms with Crippen molar-refractivity contribution in [2.45, 2.75) is 13.3 Å². The number of rotatable bonds is 8. The van der Waals surface area contributed by atoms with E-state index in [0.717, 1.165) is 49.8 Å². The molecule has 1 amide bonds. The van der Waals surface area contributed by atoms with Gasteiger partial charge in [-0.3, -0.25) is 9.10 Å². The van der Waals surface area contributed by atoms with E-state index < -0.39 is 10.0 Å². The van der Waals surface area contributed by atoms with Crippen molar-refractivity contribution in [2.24, 2.45) is 0 Å². The van der Waals surface area contributed by atoms with Gasteiger partial charge in [-0.2, -0.15) is 0 Å². The van der Waals surface area contributed by atoms with E-state index in [1.165, 1.54) is 4.90 Å². The molecule has 0 aliphatic carbocycles. The first-order chi connectivity index (χ1) is 12.3. The lowest BCUT2D eigenvalue weighted by atomic mass is 10.2. The molecule has 1 aromatic carbocycles. The molecule has 1 aliphatic rings. The van der Waals surface area contributed by atoms with Gasteiger partial charge < -0.3 is 15.0 Å². The molecule has 1 heterocycles. The molecule has 0 spiro atoms. The Morgan fingerprint density at radius 1 is 1.35 bits per heavy atom. The van der Waals surface area contributed by atoms with E-state index in [-0.39, 0.29) is 12.5 Å². The van der Waals surface area contributed by atoms with E-state index in [2.05, 4.69) is 5.32 Å². The summed E-state index contributed by atoms with van der Waals surface area (Å²) in [5.74, 6) is -0.327. The highest BCUT2D eigenvalue weighted by atomic mass is 35.5. The molecule has 9 heteroatoms. The standard InChI is InChI=1S/C17H26ClN3O4S/c1-14-15(18)5-3-6-16(14)21(26(2,23)24)13-17(22)19-7-4-8-20-9-11-25-12-10-20/h3,5-6H,4,7-13H2,1-2H3,(H,19,22)/p+1. The lowest BCUT2D eigenvalue weighted by Gasteiger charge is -2.25. The fourth-order valence-corrected chi connectivity index (χ4v) is 3.99. The van der Waals surface area contributed by atoms with E-state index in [4.69, 9.17) is 16.3 Å². The molecular weight excluding hydrogens is 378 g/mol. The molecule has 0 unspecified atom stereocenters. The van der Waals surface area contributed by atoms with Crippen molar-refractivity contribution in [1.29, 1.82) is 0 Å². The minimum atomic E-state index is -3.60. The van der Waals surface area contributed by atoms with E-state index in [1.807, 2.05) is 0 Å². The van der Waals surface area contributed by atoms with Crippen LogP contribution in [0.2, 0.25) is 5.02 Å². The third kappa shape index (κ3) is 6.12. The van der Waals surface area contributed by atoms with Gasteiger partial charge in [0.05, 0.1) is 31.7 Å². The number of amides is 1. The van der Waals surface area contributed by atoms with Gasteiger partial charge in [-0.25, -0.2) is 8.42 Å². The van der Waals surface area contributed by atoms with E-state index in [1.54, 1.807) is 25.1 Å². The monoisotopic (exact) mass is 404 g/mol. The third-order valence-corrected chi connectivity index (χ3v) is 5.96. The maximum Gasteiger partial charge on any atom is 0.240 e. The molecule has 7 nitrogen and oxygen atoms in total. The van der Waals surface area contributed by atoms with Crippen LogP contribution in [-0.4, -0.2) is 66.5 Å². The van der Waals surface area contributed by atoms with Crippen molar-refractivity contribution < 1.29 is 22.8 Å². The van der Waals surface area contributed by atoms with Crippen LogP contribution in [0.15, 0.2) is 18.2 Å². The lowest BCUT2D eigenvalue weighted by molar-refractivity contribution is -0.908. The number of carbonyl (C=O) groups excluding carboxylic acids is 1. The van der Waals surface area contributed by atoms with E-state index >= 15 is 0 Å².